The Labute approximate surface area is 185 Å². The molecule has 1 aliphatic rings. The van der Waals surface area contributed by atoms with Crippen molar-refractivity contribution in [1.82, 2.24) is 4.31 Å². The molecule has 30 heavy (non-hydrogen) atoms. The summed E-state index contributed by atoms with van der Waals surface area (Å²) in [7, 11) is -0.876. The Hall–Kier alpha value is -2.00. The van der Waals surface area contributed by atoms with Crippen molar-refractivity contribution < 1.29 is 22.7 Å². The summed E-state index contributed by atoms with van der Waals surface area (Å²) in [6.07, 6.45) is 1.15. The van der Waals surface area contributed by atoms with Gasteiger partial charge in [-0.05, 0) is 43.2 Å². The smallest absolute Gasteiger partial charge is 0.243 e. The van der Waals surface area contributed by atoms with Gasteiger partial charge >= 0.3 is 0 Å². The number of halogens is 2. The first-order valence-corrected chi connectivity index (χ1v) is 11.4. The molecule has 3 rings (SSSR count). The van der Waals surface area contributed by atoms with Gasteiger partial charge in [-0.25, -0.2) is 8.42 Å². The molecule has 7 nitrogen and oxygen atoms in total. The number of methoxy groups -OCH3 is 2. The van der Waals surface area contributed by atoms with Crippen LogP contribution in [0.4, 0.5) is 5.69 Å². The van der Waals surface area contributed by atoms with E-state index in [0.29, 0.717) is 46.6 Å². The fraction of sp³-hybridized carbons (Fsp3) is 0.350. The Bertz CT molecular complexity index is 1030. The maximum absolute atomic E-state index is 13.1. The molecule has 1 amide bonds. The maximum Gasteiger partial charge on any atom is 0.243 e. The van der Waals surface area contributed by atoms with Crippen LogP contribution in [-0.2, 0) is 14.8 Å². The van der Waals surface area contributed by atoms with Crippen molar-refractivity contribution in [2.45, 2.75) is 17.7 Å². The number of carbonyl (C=O) groups excluding carboxylic acids is 1. The van der Waals surface area contributed by atoms with Gasteiger partial charge in [0, 0.05) is 34.9 Å². The van der Waals surface area contributed by atoms with Gasteiger partial charge in [0.1, 0.15) is 0 Å². The lowest BCUT2D eigenvalue weighted by molar-refractivity contribution is -0.120. The molecule has 1 N–H and O–H groups in total. The van der Waals surface area contributed by atoms with Crippen molar-refractivity contribution in [2.24, 2.45) is 5.92 Å². The summed E-state index contributed by atoms with van der Waals surface area (Å²) < 4.78 is 38.0. The largest absolute Gasteiger partial charge is 0.493 e. The van der Waals surface area contributed by atoms with Crippen LogP contribution in [0.1, 0.15) is 12.8 Å². The molecule has 0 aromatic heterocycles. The molecule has 1 heterocycles. The zero-order valence-electron chi connectivity index (χ0n) is 16.5. The summed E-state index contributed by atoms with van der Waals surface area (Å²) in [5.41, 5.74) is 0.470. The number of sulfonamides is 1. The highest BCUT2D eigenvalue weighted by atomic mass is 35.5. The minimum Gasteiger partial charge on any atom is -0.493 e. The second kappa shape index (κ2) is 9.43. The number of piperidine rings is 1. The van der Waals surface area contributed by atoms with Crippen molar-refractivity contribution in [1.29, 1.82) is 0 Å². The molecule has 0 aliphatic carbocycles. The van der Waals surface area contributed by atoms with E-state index in [9.17, 15) is 13.2 Å². The standard InChI is InChI=1S/C20H22Cl2N2O5S/c1-28-18-6-5-17(11-19(18)29-2)30(26,27)24-7-3-4-13(12-24)20(25)23-16-9-14(21)8-15(22)10-16/h5-6,8-11,13H,3-4,7,12H2,1-2H3,(H,23,25)/t13-/m0/s1. The third-order valence-corrected chi connectivity index (χ3v) is 7.18. The van der Waals surface area contributed by atoms with Crippen LogP contribution >= 0.6 is 23.2 Å². The molecule has 1 saturated heterocycles. The Morgan fingerprint density at radius 3 is 2.37 bits per heavy atom. The van der Waals surface area contributed by atoms with Crippen LogP contribution < -0.4 is 14.8 Å². The minimum absolute atomic E-state index is 0.0802. The predicted molar refractivity (Wildman–Crippen MR) is 116 cm³/mol. The van der Waals surface area contributed by atoms with Crippen LogP contribution in [-0.4, -0.2) is 45.9 Å². The molecule has 0 radical (unpaired) electrons. The van der Waals surface area contributed by atoms with Crippen LogP contribution in [0.2, 0.25) is 10.0 Å². The molecule has 0 saturated carbocycles. The van der Waals surface area contributed by atoms with E-state index in [1.54, 1.807) is 24.3 Å². The Morgan fingerprint density at radius 2 is 1.73 bits per heavy atom. The van der Waals surface area contributed by atoms with Gasteiger partial charge < -0.3 is 14.8 Å². The number of benzene rings is 2. The number of carbonyl (C=O) groups is 1. The lowest BCUT2D eigenvalue weighted by atomic mass is 9.99. The van der Waals surface area contributed by atoms with E-state index in [2.05, 4.69) is 5.32 Å². The van der Waals surface area contributed by atoms with Gasteiger partial charge in [-0.15, -0.1) is 0 Å². The van der Waals surface area contributed by atoms with Crippen molar-refractivity contribution in [3.63, 3.8) is 0 Å². The van der Waals surface area contributed by atoms with Crippen LogP contribution in [0.3, 0.4) is 0 Å². The highest BCUT2D eigenvalue weighted by Gasteiger charge is 2.34. The molecule has 0 bridgehead atoms. The average molecular weight is 473 g/mol. The molecule has 1 aliphatic heterocycles. The van der Waals surface area contributed by atoms with E-state index >= 15 is 0 Å². The first-order chi connectivity index (χ1) is 14.2. The van der Waals surface area contributed by atoms with Crippen LogP contribution in [0.15, 0.2) is 41.3 Å². The molecule has 2 aromatic carbocycles. The quantitative estimate of drug-likeness (QED) is 0.685. The number of rotatable bonds is 6. The number of anilines is 1. The molecular weight excluding hydrogens is 451 g/mol. The zero-order chi connectivity index (χ0) is 21.9. The fourth-order valence-corrected chi connectivity index (χ4v) is 5.44. The Kier molecular flexibility index (Phi) is 7.13. The molecular formula is C20H22Cl2N2O5S. The summed E-state index contributed by atoms with van der Waals surface area (Å²) in [5, 5.41) is 3.58. The monoisotopic (exact) mass is 472 g/mol. The summed E-state index contributed by atoms with van der Waals surface area (Å²) in [5.74, 6) is -0.0118. The van der Waals surface area contributed by atoms with Gasteiger partial charge in [0.25, 0.3) is 0 Å². The van der Waals surface area contributed by atoms with Crippen LogP contribution in [0, 0.1) is 5.92 Å². The SMILES string of the molecule is COc1ccc(S(=O)(=O)N2CCC[C@H](C(=O)Nc3cc(Cl)cc(Cl)c3)C2)cc1OC. The minimum atomic E-state index is -3.80. The normalized spacial score (nSPS) is 17.4. The van der Waals surface area contributed by atoms with E-state index in [0.717, 1.165) is 0 Å². The third-order valence-electron chi connectivity index (χ3n) is 4.88. The number of hydrogen-bond acceptors (Lipinski definition) is 5. The average Bonchev–Trinajstić information content (AvgIpc) is 2.72. The molecule has 1 atom stereocenters. The van der Waals surface area contributed by atoms with E-state index < -0.39 is 15.9 Å². The van der Waals surface area contributed by atoms with Gasteiger partial charge in [-0.2, -0.15) is 4.31 Å². The highest BCUT2D eigenvalue weighted by molar-refractivity contribution is 7.89. The molecule has 2 aromatic rings. The van der Waals surface area contributed by atoms with E-state index in [4.69, 9.17) is 32.7 Å². The maximum atomic E-state index is 13.1. The second-order valence-electron chi connectivity index (χ2n) is 6.87. The lowest BCUT2D eigenvalue weighted by Gasteiger charge is -2.31. The molecule has 1 fully saturated rings. The topological polar surface area (TPSA) is 84.9 Å². The summed E-state index contributed by atoms with van der Waals surface area (Å²) >= 11 is 11.9. The van der Waals surface area contributed by atoms with Gasteiger partial charge in [0.2, 0.25) is 15.9 Å². The van der Waals surface area contributed by atoms with Crippen molar-refractivity contribution in [2.75, 3.05) is 32.6 Å². The van der Waals surface area contributed by atoms with E-state index in [1.807, 2.05) is 0 Å². The third kappa shape index (κ3) is 5.00. The van der Waals surface area contributed by atoms with Gasteiger partial charge in [-0.3, -0.25) is 4.79 Å². The fourth-order valence-electron chi connectivity index (χ4n) is 3.37. The first-order valence-electron chi connectivity index (χ1n) is 9.23. The van der Waals surface area contributed by atoms with Gasteiger partial charge in [-0.1, -0.05) is 23.2 Å². The van der Waals surface area contributed by atoms with Crippen LogP contribution in [0.25, 0.3) is 0 Å². The Morgan fingerprint density at radius 1 is 1.07 bits per heavy atom. The molecule has 162 valence electrons. The van der Waals surface area contributed by atoms with Gasteiger partial charge in [0.15, 0.2) is 11.5 Å². The predicted octanol–water partition coefficient (Wildman–Crippen LogP) is 4.05. The second-order valence-corrected chi connectivity index (χ2v) is 9.68. The van der Waals surface area contributed by atoms with Crippen molar-refractivity contribution >= 4 is 44.8 Å². The van der Waals surface area contributed by atoms with Crippen LogP contribution in [0.5, 0.6) is 11.5 Å². The number of ether oxygens (including phenoxy) is 2. The zero-order valence-corrected chi connectivity index (χ0v) is 18.9. The van der Waals surface area contributed by atoms with E-state index in [-0.39, 0.29) is 17.3 Å². The molecule has 0 unspecified atom stereocenters. The Balaban J connectivity index is 1.77. The number of nitrogens with zero attached hydrogens (tertiary/aromatic N) is 1. The summed E-state index contributed by atoms with van der Waals surface area (Å²) in [6.45, 7) is 0.417. The number of amides is 1. The van der Waals surface area contributed by atoms with E-state index in [1.165, 1.54) is 30.7 Å². The highest BCUT2D eigenvalue weighted by Crippen LogP contribution is 2.32. The summed E-state index contributed by atoms with van der Waals surface area (Å²) in [4.78, 5) is 12.8. The van der Waals surface area contributed by atoms with Crippen molar-refractivity contribution in [3.8, 4) is 11.5 Å². The molecule has 0 spiro atoms. The number of nitrogens with one attached hydrogen (secondary N) is 1. The molecule has 10 heteroatoms. The number of hydrogen-bond donors (Lipinski definition) is 1. The first kappa shape index (κ1) is 22.7. The lowest BCUT2D eigenvalue weighted by Crippen LogP contribution is -2.43. The van der Waals surface area contributed by atoms with Crippen molar-refractivity contribution in [3.05, 3.63) is 46.4 Å². The summed E-state index contributed by atoms with van der Waals surface area (Å²) in [6, 6.07) is 9.18. The van der Waals surface area contributed by atoms with Gasteiger partial charge in [0.05, 0.1) is 25.0 Å².